The lowest BCUT2D eigenvalue weighted by molar-refractivity contribution is -0.366. The number of hydrogen-bond donors (Lipinski definition) is 12. The zero-order valence-electron chi connectivity index (χ0n) is 24.2. The maximum atomic E-state index is 13.2. The zero-order valence-corrected chi connectivity index (χ0v) is 24.2. The van der Waals surface area contributed by atoms with Crippen LogP contribution in [0, 0.1) is 0 Å². The van der Waals surface area contributed by atoms with E-state index in [9.17, 15) is 59.4 Å². The third-order valence-corrected chi connectivity index (χ3v) is 6.90. The van der Waals surface area contributed by atoms with Gasteiger partial charge in [0.05, 0.1) is 6.61 Å². The van der Waals surface area contributed by atoms with Crippen LogP contribution in [-0.2, 0) is 43.0 Å². The number of aliphatic hydroxyl groups is 6. The van der Waals surface area contributed by atoms with Gasteiger partial charge in [-0.2, -0.15) is 0 Å². The molecule has 2 aliphatic rings. The fourth-order valence-electron chi connectivity index (χ4n) is 4.58. The number of aliphatic carboxylic acids is 2. The van der Waals surface area contributed by atoms with E-state index in [1.54, 1.807) is 0 Å². The molecular formula is C24H38N4O17. The van der Waals surface area contributed by atoms with E-state index in [0.717, 1.165) is 20.8 Å². The molecule has 0 aromatic carbocycles. The van der Waals surface area contributed by atoms with Crippen LogP contribution in [0.15, 0.2) is 0 Å². The van der Waals surface area contributed by atoms with Gasteiger partial charge in [-0.3, -0.25) is 28.8 Å². The Morgan fingerprint density at radius 3 is 2.07 bits per heavy atom. The quantitative estimate of drug-likeness (QED) is 0.0821. The van der Waals surface area contributed by atoms with Crippen molar-refractivity contribution in [3.8, 4) is 0 Å². The van der Waals surface area contributed by atoms with E-state index in [4.69, 9.17) is 24.4 Å². The number of rotatable bonds is 13. The Balaban J connectivity index is 2.41. The molecule has 0 radical (unpaired) electrons. The molecule has 2 rings (SSSR count). The predicted octanol–water partition coefficient (Wildman–Crippen LogP) is -6.84. The Kier molecular flexibility index (Phi) is 13.1. The van der Waals surface area contributed by atoms with Crippen molar-refractivity contribution < 1.29 is 83.8 Å². The Labute approximate surface area is 254 Å². The normalized spacial score (nSPS) is 34.5. The van der Waals surface area contributed by atoms with E-state index in [-0.39, 0.29) is 0 Å². The highest BCUT2D eigenvalue weighted by atomic mass is 16.7. The molecular weight excluding hydrogens is 616 g/mol. The minimum atomic E-state index is -2.92. The molecule has 2 aliphatic heterocycles. The van der Waals surface area contributed by atoms with E-state index >= 15 is 0 Å². The molecule has 0 saturated carbocycles. The summed E-state index contributed by atoms with van der Waals surface area (Å²) in [6, 6.07) is -4.84. The first-order chi connectivity index (χ1) is 20.8. The van der Waals surface area contributed by atoms with Crippen LogP contribution in [0.5, 0.6) is 0 Å². The van der Waals surface area contributed by atoms with Crippen LogP contribution in [0.1, 0.15) is 33.6 Å². The van der Waals surface area contributed by atoms with E-state index in [0.29, 0.717) is 0 Å². The van der Waals surface area contributed by atoms with Crippen molar-refractivity contribution >= 4 is 35.6 Å². The summed E-state index contributed by atoms with van der Waals surface area (Å²) in [5, 5.41) is 89.6. The lowest BCUT2D eigenvalue weighted by Crippen LogP contribution is -2.75. The van der Waals surface area contributed by atoms with Crippen molar-refractivity contribution in [2.75, 3.05) is 6.61 Å². The van der Waals surface area contributed by atoms with Gasteiger partial charge in [0.1, 0.15) is 48.6 Å². The molecule has 12 N–H and O–H groups in total. The molecule has 0 bridgehead atoms. The van der Waals surface area contributed by atoms with Gasteiger partial charge in [0.25, 0.3) is 5.91 Å². The zero-order chi connectivity index (χ0) is 34.4. The summed E-state index contributed by atoms with van der Waals surface area (Å²) in [5.74, 6) is -7.03. The molecule has 0 aromatic heterocycles. The number of carboxylic acid groups (broad SMARTS) is 2. The fourth-order valence-corrected chi connectivity index (χ4v) is 4.58. The van der Waals surface area contributed by atoms with Crippen LogP contribution >= 0.6 is 0 Å². The van der Waals surface area contributed by atoms with Crippen LogP contribution in [0.25, 0.3) is 0 Å². The Morgan fingerprint density at radius 2 is 1.56 bits per heavy atom. The summed E-state index contributed by atoms with van der Waals surface area (Å²) in [6.45, 7) is 2.05. The molecule has 0 spiro atoms. The SMILES string of the molecule is CC(=O)N[C@H]1[C@@H](O[C@H]2[C@@H](CO)OC(O)[C@@](O)(NC(C)=O)[C@H]2O)O[C@H](C(=O)N[C@@H](CCC(=O)O)C(=O)N[C@@H](C)C(=O)O)[C@H](O)[C@@H]1O. The monoisotopic (exact) mass is 654 g/mol. The minimum absolute atomic E-state index is 0.549. The van der Waals surface area contributed by atoms with Gasteiger partial charge in [-0.1, -0.05) is 0 Å². The van der Waals surface area contributed by atoms with Gasteiger partial charge in [-0.15, -0.1) is 0 Å². The number of amides is 4. The van der Waals surface area contributed by atoms with E-state index in [1.165, 1.54) is 0 Å². The highest BCUT2D eigenvalue weighted by Gasteiger charge is 2.58. The van der Waals surface area contributed by atoms with Crippen LogP contribution in [0.3, 0.4) is 0 Å². The second-order valence-electron chi connectivity index (χ2n) is 10.5. The van der Waals surface area contributed by atoms with Gasteiger partial charge >= 0.3 is 11.9 Å². The average molecular weight is 655 g/mol. The molecule has 21 heteroatoms. The van der Waals surface area contributed by atoms with Crippen LogP contribution in [0.2, 0.25) is 0 Å². The molecule has 2 saturated heterocycles. The lowest BCUT2D eigenvalue weighted by atomic mass is 9.92. The van der Waals surface area contributed by atoms with Crippen molar-refractivity contribution in [1.82, 2.24) is 21.3 Å². The van der Waals surface area contributed by atoms with Crippen LogP contribution < -0.4 is 21.3 Å². The van der Waals surface area contributed by atoms with Gasteiger partial charge < -0.3 is 76.3 Å². The maximum Gasteiger partial charge on any atom is 0.325 e. The summed E-state index contributed by atoms with van der Waals surface area (Å²) in [4.78, 5) is 71.7. The first-order valence-corrected chi connectivity index (χ1v) is 13.5. The van der Waals surface area contributed by atoms with E-state index in [2.05, 4.69) is 16.0 Å². The van der Waals surface area contributed by atoms with Crippen LogP contribution in [-0.4, -0.2) is 156 Å². The lowest BCUT2D eigenvalue weighted by Gasteiger charge is -2.49. The summed E-state index contributed by atoms with van der Waals surface area (Å²) in [7, 11) is 0. The van der Waals surface area contributed by atoms with Gasteiger partial charge in [0.2, 0.25) is 29.7 Å². The fraction of sp³-hybridized carbons (Fsp3) is 0.750. The van der Waals surface area contributed by atoms with Gasteiger partial charge in [-0.05, 0) is 13.3 Å². The summed E-state index contributed by atoms with van der Waals surface area (Å²) < 4.78 is 16.2. The van der Waals surface area contributed by atoms with Crippen molar-refractivity contribution in [2.24, 2.45) is 0 Å². The van der Waals surface area contributed by atoms with Crippen molar-refractivity contribution in [1.29, 1.82) is 0 Å². The predicted molar refractivity (Wildman–Crippen MR) is 140 cm³/mol. The molecule has 12 atom stereocenters. The number of carbonyl (C=O) groups excluding carboxylic acids is 4. The molecule has 4 amide bonds. The van der Waals surface area contributed by atoms with Crippen molar-refractivity contribution in [3.05, 3.63) is 0 Å². The van der Waals surface area contributed by atoms with Crippen molar-refractivity contribution in [3.63, 3.8) is 0 Å². The maximum absolute atomic E-state index is 13.2. The van der Waals surface area contributed by atoms with E-state index < -0.39 is 128 Å². The summed E-state index contributed by atoms with van der Waals surface area (Å²) >= 11 is 0. The number of ether oxygens (including phenoxy) is 3. The third kappa shape index (κ3) is 9.24. The number of carboxylic acids is 2. The van der Waals surface area contributed by atoms with Crippen LogP contribution in [0.4, 0.5) is 0 Å². The number of hydrogen-bond acceptors (Lipinski definition) is 15. The summed E-state index contributed by atoms with van der Waals surface area (Å²) in [5.41, 5.74) is -2.92. The molecule has 45 heavy (non-hydrogen) atoms. The Hall–Kier alpha value is -3.54. The van der Waals surface area contributed by atoms with Gasteiger partial charge in [0.15, 0.2) is 12.4 Å². The van der Waals surface area contributed by atoms with E-state index in [1.807, 2.05) is 5.32 Å². The Morgan fingerprint density at radius 1 is 0.933 bits per heavy atom. The molecule has 21 nitrogen and oxygen atoms in total. The Bertz CT molecular complexity index is 1130. The largest absolute Gasteiger partial charge is 0.481 e. The minimum Gasteiger partial charge on any atom is -0.481 e. The number of aliphatic hydroxyl groups excluding tert-OH is 5. The second kappa shape index (κ2) is 15.6. The standard InChI is InChI=1S/C24H38N4O17/c1-7(21(39)40)25-19(37)10(4-5-12(32)33)27-20(38)17-15(35)14(34)13(26-8(2)30)22(45-17)44-16-11(6-29)43-23(41)24(42,18(16)36)28-9(3)31/h7,10-11,13-18,22-23,29,34-36,41-42H,4-6H2,1-3H3,(H,25,37)(H,26,30)(H,27,38)(H,28,31)(H,32,33)(H,39,40)/t7-,10-,11+,13+,14+,15+,16-,17-,18-,22-,23?,24+/m0/s1. The molecule has 0 aliphatic carbocycles. The first-order valence-electron chi connectivity index (χ1n) is 13.5. The van der Waals surface area contributed by atoms with Crippen molar-refractivity contribution in [2.45, 2.75) is 107 Å². The molecule has 1 unspecified atom stereocenters. The topological polar surface area (TPSA) is 340 Å². The second-order valence-corrected chi connectivity index (χ2v) is 10.5. The van der Waals surface area contributed by atoms with Gasteiger partial charge in [-0.25, -0.2) is 0 Å². The molecule has 256 valence electrons. The van der Waals surface area contributed by atoms with Gasteiger partial charge in [0, 0.05) is 20.3 Å². The highest BCUT2D eigenvalue weighted by Crippen LogP contribution is 2.32. The first kappa shape index (κ1) is 37.6. The molecule has 2 fully saturated rings. The third-order valence-electron chi connectivity index (χ3n) is 6.90. The number of carbonyl (C=O) groups is 6. The molecule has 2 heterocycles. The highest BCUT2D eigenvalue weighted by molar-refractivity contribution is 5.92. The average Bonchev–Trinajstić information content (AvgIpc) is 2.93. The summed E-state index contributed by atoms with van der Waals surface area (Å²) in [6.07, 6.45) is -17.8. The molecule has 0 aromatic rings. The number of nitrogens with one attached hydrogen (secondary N) is 4. The smallest absolute Gasteiger partial charge is 0.325 e.